The molecule has 5 nitrogen and oxygen atoms in total. The van der Waals surface area contributed by atoms with Gasteiger partial charge in [0.2, 0.25) is 0 Å². The molecule has 2 unspecified atom stereocenters. The van der Waals surface area contributed by atoms with Crippen LogP contribution in [0.3, 0.4) is 0 Å². The average molecular weight is 266 g/mol. The van der Waals surface area contributed by atoms with Gasteiger partial charge in [-0.2, -0.15) is 5.10 Å². The van der Waals surface area contributed by atoms with E-state index < -0.39 is 0 Å². The highest BCUT2D eigenvalue weighted by Crippen LogP contribution is 2.23. The molecule has 5 heteroatoms. The maximum Gasteiger partial charge on any atom is 0.140 e. The number of hydrogen-bond acceptors (Lipinski definition) is 4. The molecule has 1 aromatic heterocycles. The van der Waals surface area contributed by atoms with Crippen molar-refractivity contribution in [1.82, 2.24) is 20.1 Å². The van der Waals surface area contributed by atoms with E-state index in [-0.39, 0.29) is 6.10 Å². The summed E-state index contributed by atoms with van der Waals surface area (Å²) in [5.41, 5.74) is 0. The fourth-order valence-corrected chi connectivity index (χ4v) is 2.72. The number of aliphatic hydroxyl groups is 1. The molecule has 1 aliphatic carbocycles. The Morgan fingerprint density at radius 2 is 2.21 bits per heavy atom. The first-order valence-corrected chi connectivity index (χ1v) is 7.42. The van der Waals surface area contributed by atoms with Crippen molar-refractivity contribution in [2.24, 2.45) is 11.8 Å². The standard InChI is InChI=1S/C14H26N4O/c1-11(2)9-18-14(16-10-17-18)8-15-7-12-5-3-4-6-13(12)19/h10-13,15,19H,3-9H2,1-2H3. The fraction of sp³-hybridized carbons (Fsp3) is 0.857. The van der Waals surface area contributed by atoms with Gasteiger partial charge >= 0.3 is 0 Å². The predicted octanol–water partition coefficient (Wildman–Crippen LogP) is 1.57. The van der Waals surface area contributed by atoms with E-state index in [2.05, 4.69) is 29.2 Å². The van der Waals surface area contributed by atoms with Gasteiger partial charge in [0.05, 0.1) is 12.6 Å². The van der Waals surface area contributed by atoms with E-state index in [9.17, 15) is 5.11 Å². The van der Waals surface area contributed by atoms with Crippen LogP contribution in [0.2, 0.25) is 0 Å². The maximum absolute atomic E-state index is 9.93. The minimum Gasteiger partial charge on any atom is -0.393 e. The summed E-state index contributed by atoms with van der Waals surface area (Å²) in [5, 5.41) is 17.6. The van der Waals surface area contributed by atoms with Crippen LogP contribution in [0.25, 0.3) is 0 Å². The number of aromatic nitrogens is 3. The van der Waals surface area contributed by atoms with Gasteiger partial charge in [-0.25, -0.2) is 9.67 Å². The Bertz CT molecular complexity index is 377. The molecule has 0 radical (unpaired) electrons. The van der Waals surface area contributed by atoms with Crippen molar-refractivity contribution in [1.29, 1.82) is 0 Å². The molecule has 0 amide bonds. The highest BCUT2D eigenvalue weighted by molar-refractivity contribution is 4.85. The van der Waals surface area contributed by atoms with Crippen LogP contribution < -0.4 is 5.32 Å². The zero-order valence-electron chi connectivity index (χ0n) is 12.0. The van der Waals surface area contributed by atoms with Crippen LogP contribution in [0.5, 0.6) is 0 Å². The minimum absolute atomic E-state index is 0.130. The number of nitrogens with one attached hydrogen (secondary N) is 1. The van der Waals surface area contributed by atoms with Crippen LogP contribution in [0.15, 0.2) is 6.33 Å². The lowest BCUT2D eigenvalue weighted by Crippen LogP contribution is -2.34. The van der Waals surface area contributed by atoms with Crippen molar-refractivity contribution in [2.45, 2.75) is 58.7 Å². The van der Waals surface area contributed by atoms with Crippen molar-refractivity contribution in [3.05, 3.63) is 12.2 Å². The number of aliphatic hydroxyl groups excluding tert-OH is 1. The Morgan fingerprint density at radius 3 is 2.95 bits per heavy atom. The number of nitrogens with zero attached hydrogens (tertiary/aromatic N) is 3. The molecule has 2 rings (SSSR count). The van der Waals surface area contributed by atoms with E-state index in [0.717, 1.165) is 38.3 Å². The summed E-state index contributed by atoms with van der Waals surface area (Å²) in [6.07, 6.45) is 5.99. The van der Waals surface area contributed by atoms with Crippen molar-refractivity contribution >= 4 is 0 Å². The summed E-state index contributed by atoms with van der Waals surface area (Å²) in [6, 6.07) is 0. The smallest absolute Gasteiger partial charge is 0.140 e. The molecular weight excluding hydrogens is 240 g/mol. The van der Waals surface area contributed by atoms with E-state index >= 15 is 0 Å². The second kappa shape index (κ2) is 7.01. The summed E-state index contributed by atoms with van der Waals surface area (Å²) in [7, 11) is 0. The lowest BCUT2D eigenvalue weighted by atomic mass is 9.86. The Balaban J connectivity index is 1.77. The topological polar surface area (TPSA) is 63.0 Å². The average Bonchev–Trinajstić information content (AvgIpc) is 2.78. The van der Waals surface area contributed by atoms with Gasteiger partial charge in [-0.15, -0.1) is 0 Å². The summed E-state index contributed by atoms with van der Waals surface area (Å²) < 4.78 is 1.97. The molecule has 2 atom stereocenters. The third kappa shape index (κ3) is 4.28. The summed E-state index contributed by atoms with van der Waals surface area (Å²) in [4.78, 5) is 4.30. The second-order valence-electron chi connectivity index (χ2n) is 6.00. The Morgan fingerprint density at radius 1 is 1.42 bits per heavy atom. The van der Waals surface area contributed by atoms with Gasteiger partial charge in [0.15, 0.2) is 0 Å². The Hall–Kier alpha value is -0.940. The normalized spacial score (nSPS) is 24.0. The molecule has 108 valence electrons. The van der Waals surface area contributed by atoms with E-state index in [1.807, 2.05) is 4.68 Å². The zero-order chi connectivity index (χ0) is 13.7. The SMILES string of the molecule is CC(C)Cn1ncnc1CNCC1CCCCC1O. The van der Waals surface area contributed by atoms with Gasteiger partial charge in [-0.1, -0.05) is 26.7 Å². The van der Waals surface area contributed by atoms with Crippen molar-refractivity contribution < 1.29 is 5.11 Å². The fourth-order valence-electron chi connectivity index (χ4n) is 2.72. The van der Waals surface area contributed by atoms with Crippen LogP contribution in [0.1, 0.15) is 45.4 Å². The first kappa shape index (κ1) is 14.5. The molecule has 0 saturated heterocycles. The number of rotatable bonds is 6. The van der Waals surface area contributed by atoms with Crippen LogP contribution >= 0.6 is 0 Å². The lowest BCUT2D eigenvalue weighted by molar-refractivity contribution is 0.0693. The van der Waals surface area contributed by atoms with Crippen LogP contribution in [-0.2, 0) is 13.1 Å². The van der Waals surface area contributed by atoms with Gasteiger partial charge in [-0.3, -0.25) is 0 Å². The minimum atomic E-state index is -0.130. The zero-order valence-corrected chi connectivity index (χ0v) is 12.0. The Labute approximate surface area is 115 Å². The predicted molar refractivity (Wildman–Crippen MR) is 74.5 cm³/mol. The van der Waals surface area contributed by atoms with Crippen LogP contribution in [0, 0.1) is 11.8 Å². The van der Waals surface area contributed by atoms with E-state index in [1.54, 1.807) is 6.33 Å². The van der Waals surface area contributed by atoms with E-state index in [0.29, 0.717) is 11.8 Å². The summed E-state index contributed by atoms with van der Waals surface area (Å²) >= 11 is 0. The lowest BCUT2D eigenvalue weighted by Gasteiger charge is -2.27. The molecule has 1 heterocycles. The molecule has 1 saturated carbocycles. The maximum atomic E-state index is 9.93. The molecule has 1 aromatic rings. The summed E-state index contributed by atoms with van der Waals surface area (Å²) in [5.74, 6) is 1.95. The van der Waals surface area contributed by atoms with Gasteiger partial charge < -0.3 is 10.4 Å². The second-order valence-corrected chi connectivity index (χ2v) is 6.00. The molecule has 0 spiro atoms. The highest BCUT2D eigenvalue weighted by Gasteiger charge is 2.22. The third-order valence-corrected chi connectivity index (χ3v) is 3.79. The van der Waals surface area contributed by atoms with Crippen LogP contribution in [0.4, 0.5) is 0 Å². The van der Waals surface area contributed by atoms with Crippen molar-refractivity contribution in [3.8, 4) is 0 Å². The first-order chi connectivity index (χ1) is 9.16. The third-order valence-electron chi connectivity index (χ3n) is 3.79. The van der Waals surface area contributed by atoms with Gasteiger partial charge in [0, 0.05) is 13.1 Å². The Kier molecular flexibility index (Phi) is 5.34. The molecule has 19 heavy (non-hydrogen) atoms. The van der Waals surface area contributed by atoms with Gasteiger partial charge in [-0.05, 0) is 24.7 Å². The van der Waals surface area contributed by atoms with Gasteiger partial charge in [0.1, 0.15) is 12.2 Å². The van der Waals surface area contributed by atoms with E-state index in [1.165, 1.54) is 12.8 Å². The van der Waals surface area contributed by atoms with E-state index in [4.69, 9.17) is 0 Å². The number of hydrogen-bond donors (Lipinski definition) is 2. The van der Waals surface area contributed by atoms with Crippen molar-refractivity contribution in [2.75, 3.05) is 6.54 Å². The quantitative estimate of drug-likeness (QED) is 0.820. The molecule has 1 fully saturated rings. The first-order valence-electron chi connectivity index (χ1n) is 7.42. The molecule has 0 aliphatic heterocycles. The molecule has 0 bridgehead atoms. The van der Waals surface area contributed by atoms with Gasteiger partial charge in [0.25, 0.3) is 0 Å². The summed E-state index contributed by atoms with van der Waals surface area (Å²) in [6.45, 7) is 6.86. The highest BCUT2D eigenvalue weighted by atomic mass is 16.3. The molecular formula is C14H26N4O. The van der Waals surface area contributed by atoms with Crippen molar-refractivity contribution in [3.63, 3.8) is 0 Å². The molecule has 1 aliphatic rings. The molecule has 0 aromatic carbocycles. The molecule has 2 N–H and O–H groups in total. The van der Waals surface area contributed by atoms with Crippen LogP contribution in [-0.4, -0.2) is 32.5 Å². The monoisotopic (exact) mass is 266 g/mol. The largest absolute Gasteiger partial charge is 0.393 e.